The molecule has 0 atom stereocenters. The Morgan fingerprint density at radius 1 is 0.943 bits per heavy atom. The lowest BCUT2D eigenvalue weighted by Gasteiger charge is -2.30. The largest absolute Gasteiger partial charge is 0.496 e. The fraction of sp³-hybridized carbons (Fsp3) is 0.192. The van der Waals surface area contributed by atoms with E-state index in [2.05, 4.69) is 42.5 Å². The Hall–Kier alpha value is -3.17. The lowest BCUT2D eigenvalue weighted by atomic mass is 9.98. The lowest BCUT2D eigenvalue weighted by Crippen LogP contribution is -2.42. The van der Waals surface area contributed by atoms with Crippen LogP contribution in [-0.2, 0) is 29.1 Å². The van der Waals surface area contributed by atoms with Crippen LogP contribution >= 0.6 is 31.9 Å². The van der Waals surface area contributed by atoms with Gasteiger partial charge in [0.2, 0.25) is 0 Å². The van der Waals surface area contributed by atoms with Crippen LogP contribution in [0.25, 0.3) is 0 Å². The number of amides is 3. The second-order valence-corrected chi connectivity index (χ2v) is 9.79. The molecule has 0 bridgehead atoms. The Bertz CT molecular complexity index is 1260. The van der Waals surface area contributed by atoms with Crippen LogP contribution in [-0.4, -0.2) is 36.3 Å². The number of carbonyl (C=O) groups is 3. The highest BCUT2D eigenvalue weighted by molar-refractivity contribution is 9.10. The fourth-order valence-corrected chi connectivity index (χ4v) is 4.65. The summed E-state index contributed by atoms with van der Waals surface area (Å²) in [6.45, 7) is 1.10. The van der Waals surface area contributed by atoms with Crippen LogP contribution in [0.5, 0.6) is 5.75 Å². The number of nitrogens with zero attached hydrogens (tertiary/aromatic N) is 1. The number of nitrogens with one attached hydrogen (secondary N) is 2. The summed E-state index contributed by atoms with van der Waals surface area (Å²) in [7, 11) is 1.62. The first kappa shape index (κ1) is 24.9. The number of carbonyl (C=O) groups excluding carboxylic acids is 3. The van der Waals surface area contributed by atoms with Crippen molar-refractivity contribution in [3.8, 4) is 5.75 Å². The van der Waals surface area contributed by atoms with Gasteiger partial charge in [0.1, 0.15) is 5.75 Å². The van der Waals surface area contributed by atoms with Crippen molar-refractivity contribution < 1.29 is 19.1 Å². The zero-order chi connectivity index (χ0) is 24.9. The van der Waals surface area contributed by atoms with E-state index in [1.165, 1.54) is 4.90 Å². The molecule has 1 aliphatic heterocycles. The van der Waals surface area contributed by atoms with Gasteiger partial charge in [-0.05, 0) is 66.1 Å². The molecular weight excluding hydrogens is 578 g/mol. The molecule has 1 heterocycles. The molecule has 0 aliphatic carbocycles. The highest BCUT2D eigenvalue weighted by Gasteiger charge is 2.28. The number of halogens is 2. The monoisotopic (exact) mass is 599 g/mol. The Morgan fingerprint density at radius 2 is 1.66 bits per heavy atom. The predicted octanol–water partition coefficient (Wildman–Crippen LogP) is 4.67. The molecule has 4 rings (SSSR count). The Morgan fingerprint density at radius 3 is 2.34 bits per heavy atom. The standard InChI is InChI=1S/C26H23Br2N3O4/c1-35-23-11-10-22(28)21-15-31(13-12-20(21)23)26(34)25(33)30-19-8-2-16(3-9-19)14-29-24(32)17-4-6-18(27)7-5-17/h2-11H,12-15H2,1H3,(H,29,32)(H,30,33). The van der Waals surface area contributed by atoms with Crippen molar-refractivity contribution in [2.24, 2.45) is 0 Å². The molecule has 3 aromatic carbocycles. The van der Waals surface area contributed by atoms with Crippen LogP contribution in [0, 0.1) is 0 Å². The van der Waals surface area contributed by atoms with Crippen molar-refractivity contribution >= 4 is 55.3 Å². The van der Waals surface area contributed by atoms with Crippen LogP contribution < -0.4 is 15.4 Å². The molecule has 35 heavy (non-hydrogen) atoms. The van der Waals surface area contributed by atoms with Crippen molar-refractivity contribution in [3.63, 3.8) is 0 Å². The summed E-state index contributed by atoms with van der Waals surface area (Å²) in [5, 5.41) is 5.53. The molecule has 3 aromatic rings. The van der Waals surface area contributed by atoms with E-state index in [9.17, 15) is 14.4 Å². The smallest absolute Gasteiger partial charge is 0.313 e. The lowest BCUT2D eigenvalue weighted by molar-refractivity contribution is -0.143. The van der Waals surface area contributed by atoms with Gasteiger partial charge in [-0.25, -0.2) is 0 Å². The summed E-state index contributed by atoms with van der Waals surface area (Å²) in [6.07, 6.45) is 0.609. The third-order valence-corrected chi connectivity index (χ3v) is 7.06. The van der Waals surface area contributed by atoms with Crippen LogP contribution in [0.2, 0.25) is 0 Å². The fourth-order valence-electron chi connectivity index (χ4n) is 3.89. The van der Waals surface area contributed by atoms with Gasteiger partial charge in [0.25, 0.3) is 5.91 Å². The van der Waals surface area contributed by atoms with Gasteiger partial charge in [0.15, 0.2) is 0 Å². The first-order valence-corrected chi connectivity index (χ1v) is 12.5. The van der Waals surface area contributed by atoms with E-state index in [1.807, 2.05) is 24.3 Å². The number of ether oxygens (including phenoxy) is 1. The van der Waals surface area contributed by atoms with Gasteiger partial charge < -0.3 is 20.3 Å². The number of benzene rings is 3. The van der Waals surface area contributed by atoms with Crippen LogP contribution in [0.3, 0.4) is 0 Å². The van der Waals surface area contributed by atoms with Crippen molar-refractivity contribution in [2.75, 3.05) is 19.0 Å². The molecule has 3 amide bonds. The van der Waals surface area contributed by atoms with E-state index in [1.54, 1.807) is 43.5 Å². The first-order chi connectivity index (χ1) is 16.9. The van der Waals surface area contributed by atoms with Crippen molar-refractivity contribution in [3.05, 3.63) is 91.9 Å². The third kappa shape index (κ3) is 5.91. The average Bonchev–Trinajstić information content (AvgIpc) is 2.88. The predicted molar refractivity (Wildman–Crippen MR) is 140 cm³/mol. The summed E-state index contributed by atoms with van der Waals surface area (Å²) in [5.74, 6) is -0.666. The Balaban J connectivity index is 1.32. The second kappa shape index (κ2) is 11.0. The average molecular weight is 601 g/mol. The minimum Gasteiger partial charge on any atom is -0.496 e. The van der Waals surface area contributed by atoms with Crippen molar-refractivity contribution in [1.29, 1.82) is 0 Å². The molecule has 9 heteroatoms. The maximum absolute atomic E-state index is 12.8. The van der Waals surface area contributed by atoms with E-state index < -0.39 is 11.8 Å². The maximum Gasteiger partial charge on any atom is 0.313 e. The molecule has 1 aliphatic rings. The minimum absolute atomic E-state index is 0.173. The van der Waals surface area contributed by atoms with Crippen molar-refractivity contribution in [2.45, 2.75) is 19.5 Å². The van der Waals surface area contributed by atoms with E-state index in [4.69, 9.17) is 4.74 Å². The number of hydrogen-bond donors (Lipinski definition) is 2. The number of fused-ring (bicyclic) bond motifs is 1. The minimum atomic E-state index is -0.691. The van der Waals surface area contributed by atoms with Gasteiger partial charge in [-0.3, -0.25) is 14.4 Å². The number of methoxy groups -OCH3 is 1. The van der Waals surface area contributed by atoms with Gasteiger partial charge in [0, 0.05) is 45.4 Å². The number of rotatable bonds is 5. The zero-order valence-corrected chi connectivity index (χ0v) is 22.1. The quantitative estimate of drug-likeness (QED) is 0.417. The number of anilines is 1. The van der Waals surface area contributed by atoms with Gasteiger partial charge in [0.05, 0.1) is 7.11 Å². The summed E-state index contributed by atoms with van der Waals surface area (Å²) >= 11 is 6.88. The highest BCUT2D eigenvalue weighted by Crippen LogP contribution is 2.33. The van der Waals surface area contributed by atoms with E-state index in [0.717, 1.165) is 31.4 Å². The maximum atomic E-state index is 12.8. The second-order valence-electron chi connectivity index (χ2n) is 8.02. The molecular formula is C26H23Br2N3O4. The van der Waals surface area contributed by atoms with Gasteiger partial charge in [-0.2, -0.15) is 0 Å². The Labute approximate surface area is 220 Å². The van der Waals surface area contributed by atoms with E-state index in [0.29, 0.717) is 37.3 Å². The zero-order valence-electron chi connectivity index (χ0n) is 18.9. The Kier molecular flexibility index (Phi) is 7.87. The molecule has 0 aromatic heterocycles. The molecule has 0 saturated carbocycles. The molecule has 7 nitrogen and oxygen atoms in total. The molecule has 0 radical (unpaired) electrons. The van der Waals surface area contributed by atoms with Crippen molar-refractivity contribution in [1.82, 2.24) is 10.2 Å². The summed E-state index contributed by atoms with van der Waals surface area (Å²) < 4.78 is 7.22. The molecule has 0 unspecified atom stereocenters. The topological polar surface area (TPSA) is 87.7 Å². The normalized spacial score (nSPS) is 12.5. The number of hydrogen-bond acceptors (Lipinski definition) is 4. The van der Waals surface area contributed by atoms with Gasteiger partial charge in [-0.15, -0.1) is 0 Å². The van der Waals surface area contributed by atoms with Gasteiger partial charge >= 0.3 is 11.8 Å². The third-order valence-electron chi connectivity index (χ3n) is 5.78. The first-order valence-electron chi connectivity index (χ1n) is 10.9. The van der Waals surface area contributed by atoms with Crippen LogP contribution in [0.1, 0.15) is 27.0 Å². The molecule has 0 fully saturated rings. The van der Waals surface area contributed by atoms with E-state index >= 15 is 0 Å². The summed E-state index contributed by atoms with van der Waals surface area (Å²) in [4.78, 5) is 39.2. The SMILES string of the molecule is COc1ccc(Br)c2c1CCN(C(=O)C(=O)Nc1ccc(CNC(=O)c3ccc(Br)cc3)cc1)C2. The molecule has 0 saturated heterocycles. The van der Waals surface area contributed by atoms with Crippen LogP contribution in [0.15, 0.2) is 69.6 Å². The summed E-state index contributed by atoms with van der Waals surface area (Å²) in [5.41, 5.74) is 3.94. The highest BCUT2D eigenvalue weighted by atomic mass is 79.9. The van der Waals surface area contributed by atoms with E-state index in [-0.39, 0.29) is 5.91 Å². The van der Waals surface area contributed by atoms with Gasteiger partial charge in [-0.1, -0.05) is 44.0 Å². The van der Waals surface area contributed by atoms with Crippen LogP contribution in [0.4, 0.5) is 5.69 Å². The molecule has 180 valence electrons. The molecule has 0 spiro atoms. The molecule has 2 N–H and O–H groups in total. The summed E-state index contributed by atoms with van der Waals surface area (Å²) in [6, 6.07) is 17.9.